The molecule has 1 aliphatic rings. The van der Waals surface area contributed by atoms with Gasteiger partial charge in [-0.2, -0.15) is 9.57 Å². The maximum Gasteiger partial charge on any atom is 0.244 e. The van der Waals surface area contributed by atoms with E-state index in [-0.39, 0.29) is 49.0 Å². The fraction of sp³-hybridized carbons (Fsp3) is 0.263. The van der Waals surface area contributed by atoms with Crippen molar-refractivity contribution in [1.82, 2.24) is 9.21 Å². The Morgan fingerprint density at radius 1 is 1.00 bits per heavy atom. The number of piperazine rings is 1. The van der Waals surface area contributed by atoms with Gasteiger partial charge >= 0.3 is 0 Å². The van der Waals surface area contributed by atoms with Gasteiger partial charge in [-0.05, 0) is 29.8 Å². The summed E-state index contributed by atoms with van der Waals surface area (Å²) >= 11 is 12.2. The number of carbonyl (C=O) groups is 1. The number of hydrogen-bond donors (Lipinski definition) is 0. The molecule has 28 heavy (non-hydrogen) atoms. The number of halogens is 2. The molecule has 0 N–H and O–H groups in total. The Morgan fingerprint density at radius 3 is 2.21 bits per heavy atom. The van der Waals surface area contributed by atoms with Crippen LogP contribution in [0.15, 0.2) is 47.4 Å². The van der Waals surface area contributed by atoms with Gasteiger partial charge in [0.2, 0.25) is 15.9 Å². The molecule has 3 rings (SSSR count). The first-order valence-corrected chi connectivity index (χ1v) is 10.7. The predicted molar refractivity (Wildman–Crippen MR) is 107 cm³/mol. The number of carbonyl (C=O) groups excluding carboxylic acids is 1. The molecule has 1 fully saturated rings. The second kappa shape index (κ2) is 8.50. The van der Waals surface area contributed by atoms with E-state index >= 15 is 0 Å². The van der Waals surface area contributed by atoms with E-state index in [1.165, 1.54) is 16.4 Å². The molecule has 0 aliphatic carbocycles. The van der Waals surface area contributed by atoms with Crippen LogP contribution in [0.4, 0.5) is 0 Å². The highest BCUT2D eigenvalue weighted by molar-refractivity contribution is 7.89. The third kappa shape index (κ3) is 4.15. The molecule has 0 saturated carbocycles. The molecule has 1 amide bonds. The molecule has 0 atom stereocenters. The summed E-state index contributed by atoms with van der Waals surface area (Å²) < 4.78 is 27.0. The van der Waals surface area contributed by atoms with Crippen molar-refractivity contribution in [3.05, 3.63) is 63.6 Å². The van der Waals surface area contributed by atoms with Crippen molar-refractivity contribution in [2.75, 3.05) is 26.2 Å². The van der Waals surface area contributed by atoms with Crippen LogP contribution in [0.3, 0.4) is 0 Å². The summed E-state index contributed by atoms with van der Waals surface area (Å²) in [5.74, 6) is -0.163. The van der Waals surface area contributed by atoms with Gasteiger partial charge in [0, 0.05) is 36.2 Å². The zero-order chi connectivity index (χ0) is 20.3. The van der Waals surface area contributed by atoms with Crippen molar-refractivity contribution in [1.29, 1.82) is 5.26 Å². The number of nitriles is 1. The minimum absolute atomic E-state index is 0.0138. The topological polar surface area (TPSA) is 81.5 Å². The molecule has 0 bridgehead atoms. The van der Waals surface area contributed by atoms with Crippen molar-refractivity contribution in [2.45, 2.75) is 11.3 Å². The molecule has 146 valence electrons. The van der Waals surface area contributed by atoms with E-state index in [4.69, 9.17) is 23.2 Å². The van der Waals surface area contributed by atoms with Crippen molar-refractivity contribution in [3.8, 4) is 6.07 Å². The Kier molecular flexibility index (Phi) is 6.26. The summed E-state index contributed by atoms with van der Waals surface area (Å²) in [4.78, 5) is 14.2. The van der Waals surface area contributed by atoms with Gasteiger partial charge in [-0.25, -0.2) is 8.42 Å². The summed E-state index contributed by atoms with van der Waals surface area (Å²) in [5.41, 5.74) is 0.670. The molecule has 6 nitrogen and oxygen atoms in total. The van der Waals surface area contributed by atoms with Gasteiger partial charge in [0.15, 0.2) is 0 Å². The van der Waals surface area contributed by atoms with Crippen molar-refractivity contribution in [2.24, 2.45) is 0 Å². The van der Waals surface area contributed by atoms with E-state index in [9.17, 15) is 18.5 Å². The van der Waals surface area contributed by atoms with Crippen LogP contribution < -0.4 is 0 Å². The number of amides is 1. The highest BCUT2D eigenvalue weighted by Gasteiger charge is 2.31. The summed E-state index contributed by atoms with van der Waals surface area (Å²) in [7, 11) is -3.80. The van der Waals surface area contributed by atoms with Crippen LogP contribution in [0.2, 0.25) is 10.0 Å². The van der Waals surface area contributed by atoms with E-state index in [0.29, 0.717) is 15.6 Å². The predicted octanol–water partition coefficient (Wildman–Crippen LogP) is 2.94. The minimum atomic E-state index is -3.80. The van der Waals surface area contributed by atoms with Gasteiger partial charge in [-0.1, -0.05) is 41.4 Å². The number of sulfonamides is 1. The van der Waals surface area contributed by atoms with Crippen molar-refractivity contribution >= 4 is 39.1 Å². The summed E-state index contributed by atoms with van der Waals surface area (Å²) in [5, 5.41) is 10.0. The third-order valence-electron chi connectivity index (χ3n) is 4.61. The molecule has 0 unspecified atom stereocenters. The van der Waals surface area contributed by atoms with E-state index in [0.717, 1.165) is 0 Å². The Morgan fingerprint density at radius 2 is 1.61 bits per heavy atom. The lowest BCUT2D eigenvalue weighted by molar-refractivity contribution is -0.131. The Hall–Kier alpha value is -2.11. The van der Waals surface area contributed by atoms with Crippen LogP contribution in [-0.2, 0) is 21.2 Å². The molecule has 2 aromatic carbocycles. The molecule has 1 saturated heterocycles. The van der Waals surface area contributed by atoms with Crippen molar-refractivity contribution < 1.29 is 13.2 Å². The number of nitrogens with zero attached hydrogens (tertiary/aromatic N) is 3. The number of hydrogen-bond acceptors (Lipinski definition) is 4. The molecule has 0 aromatic heterocycles. The normalized spacial score (nSPS) is 15.2. The van der Waals surface area contributed by atoms with Crippen LogP contribution in [0, 0.1) is 11.3 Å². The average molecular weight is 438 g/mol. The first kappa shape index (κ1) is 20.6. The van der Waals surface area contributed by atoms with E-state index in [2.05, 4.69) is 0 Å². The van der Waals surface area contributed by atoms with E-state index < -0.39 is 10.0 Å². The van der Waals surface area contributed by atoms with Gasteiger partial charge < -0.3 is 4.90 Å². The molecule has 1 heterocycles. The van der Waals surface area contributed by atoms with Gasteiger partial charge in [0.05, 0.1) is 16.9 Å². The maximum atomic E-state index is 12.9. The van der Waals surface area contributed by atoms with Crippen LogP contribution in [0.5, 0.6) is 0 Å². The smallest absolute Gasteiger partial charge is 0.244 e. The van der Waals surface area contributed by atoms with Gasteiger partial charge in [-0.15, -0.1) is 0 Å². The van der Waals surface area contributed by atoms with Crippen LogP contribution in [0.1, 0.15) is 11.1 Å². The zero-order valence-corrected chi connectivity index (χ0v) is 17.1. The Bertz CT molecular complexity index is 1020. The molecule has 2 aromatic rings. The van der Waals surface area contributed by atoms with Crippen LogP contribution in [-0.4, -0.2) is 49.7 Å². The Balaban J connectivity index is 1.69. The highest BCUT2D eigenvalue weighted by atomic mass is 35.5. The van der Waals surface area contributed by atoms with E-state index in [1.807, 2.05) is 6.07 Å². The lowest BCUT2D eigenvalue weighted by Gasteiger charge is -2.34. The van der Waals surface area contributed by atoms with Crippen molar-refractivity contribution in [3.63, 3.8) is 0 Å². The van der Waals surface area contributed by atoms with Gasteiger partial charge in [0.25, 0.3) is 0 Å². The fourth-order valence-electron chi connectivity index (χ4n) is 3.07. The van der Waals surface area contributed by atoms with Crippen LogP contribution >= 0.6 is 23.2 Å². The monoisotopic (exact) mass is 437 g/mol. The second-order valence-corrected chi connectivity index (χ2v) is 8.99. The van der Waals surface area contributed by atoms with Crippen LogP contribution in [0.25, 0.3) is 0 Å². The Labute approximate surface area is 173 Å². The molecule has 1 aliphatic heterocycles. The minimum Gasteiger partial charge on any atom is -0.340 e. The zero-order valence-electron chi connectivity index (χ0n) is 14.8. The second-order valence-electron chi connectivity index (χ2n) is 6.27. The summed E-state index contributed by atoms with van der Waals surface area (Å²) in [6.45, 7) is 0.831. The first-order chi connectivity index (χ1) is 13.3. The standard InChI is InChI=1S/C19H17Cl2N3O3S/c20-16-5-3-6-17(21)15(16)12-19(25)23-8-10-24(11-9-23)28(26,27)18-7-2-1-4-14(18)13-22/h1-7H,8-12H2. The average Bonchev–Trinajstić information content (AvgIpc) is 2.70. The third-order valence-corrected chi connectivity index (χ3v) is 7.27. The van der Waals surface area contributed by atoms with E-state index in [1.54, 1.807) is 35.2 Å². The molecule has 9 heteroatoms. The number of rotatable bonds is 4. The fourth-order valence-corrected chi connectivity index (χ4v) is 5.16. The molecule has 0 spiro atoms. The maximum absolute atomic E-state index is 12.9. The quantitative estimate of drug-likeness (QED) is 0.735. The lowest BCUT2D eigenvalue weighted by Crippen LogP contribution is -2.51. The molecule has 0 radical (unpaired) electrons. The number of benzene rings is 2. The lowest BCUT2D eigenvalue weighted by atomic mass is 10.1. The summed E-state index contributed by atoms with van der Waals surface area (Å²) in [6, 6.07) is 13.1. The summed E-state index contributed by atoms with van der Waals surface area (Å²) in [6.07, 6.45) is 0.0581. The molecular weight excluding hydrogens is 421 g/mol. The highest BCUT2D eigenvalue weighted by Crippen LogP contribution is 2.26. The SMILES string of the molecule is N#Cc1ccccc1S(=O)(=O)N1CCN(C(=O)Cc2c(Cl)cccc2Cl)CC1. The largest absolute Gasteiger partial charge is 0.340 e. The van der Waals surface area contributed by atoms with Gasteiger partial charge in [0.1, 0.15) is 6.07 Å². The molecular formula is C19H17Cl2N3O3S. The van der Waals surface area contributed by atoms with Gasteiger partial charge in [-0.3, -0.25) is 4.79 Å². The first-order valence-electron chi connectivity index (χ1n) is 8.54.